The first-order valence-corrected chi connectivity index (χ1v) is 8.09. The number of hydrogen-bond acceptors (Lipinski definition) is 5. The van der Waals surface area contributed by atoms with E-state index in [0.29, 0.717) is 0 Å². The van der Waals surface area contributed by atoms with Gasteiger partial charge in [0.2, 0.25) is 0 Å². The summed E-state index contributed by atoms with van der Waals surface area (Å²) in [5, 5.41) is 1.11. The van der Waals surface area contributed by atoms with Crippen LogP contribution in [-0.2, 0) is 11.2 Å². The van der Waals surface area contributed by atoms with E-state index >= 15 is 0 Å². The van der Waals surface area contributed by atoms with Gasteiger partial charge in [-0.1, -0.05) is 12.1 Å². The Morgan fingerprint density at radius 2 is 2.33 bits per heavy atom. The van der Waals surface area contributed by atoms with E-state index < -0.39 is 0 Å². The topological polar surface area (TPSA) is 48.1 Å². The first kappa shape index (κ1) is 12.4. The van der Waals surface area contributed by atoms with E-state index in [1.54, 1.807) is 11.3 Å². The Morgan fingerprint density at radius 3 is 3.11 bits per heavy atom. The van der Waals surface area contributed by atoms with Crippen molar-refractivity contribution in [3.63, 3.8) is 0 Å². The molecule has 18 heavy (non-hydrogen) atoms. The molecule has 1 aromatic heterocycles. The van der Waals surface area contributed by atoms with Crippen molar-refractivity contribution in [3.05, 3.63) is 29.3 Å². The molecule has 0 bridgehead atoms. The van der Waals surface area contributed by atoms with Gasteiger partial charge < -0.3 is 10.5 Å². The molecule has 5 heteroatoms. The molecular formula is C13H16N2OS2. The van der Waals surface area contributed by atoms with E-state index in [4.69, 9.17) is 10.5 Å². The van der Waals surface area contributed by atoms with Gasteiger partial charge in [-0.2, -0.15) is 11.8 Å². The second-order valence-electron chi connectivity index (χ2n) is 4.43. The summed E-state index contributed by atoms with van der Waals surface area (Å²) in [6, 6.07) is 8.28. The van der Waals surface area contributed by atoms with Gasteiger partial charge in [-0.05, 0) is 12.1 Å². The van der Waals surface area contributed by atoms with Gasteiger partial charge in [-0.3, -0.25) is 0 Å². The molecule has 1 aliphatic heterocycles. The Kier molecular flexibility index (Phi) is 3.84. The number of aromatic nitrogens is 1. The molecule has 1 aliphatic rings. The number of benzene rings is 1. The molecule has 0 aliphatic carbocycles. The zero-order chi connectivity index (χ0) is 12.4. The number of thioether (sulfide) groups is 1. The Bertz CT molecular complexity index is 489. The van der Waals surface area contributed by atoms with Gasteiger partial charge in [-0.25, -0.2) is 4.98 Å². The predicted octanol–water partition coefficient (Wildman–Crippen LogP) is 2.30. The number of fused-ring (bicyclic) bond motifs is 1. The molecule has 2 atom stereocenters. The number of rotatable bonds is 3. The van der Waals surface area contributed by atoms with Gasteiger partial charge in [0.05, 0.1) is 27.9 Å². The van der Waals surface area contributed by atoms with Crippen LogP contribution >= 0.6 is 23.1 Å². The average Bonchev–Trinajstić information content (AvgIpc) is 2.82. The average molecular weight is 280 g/mol. The van der Waals surface area contributed by atoms with E-state index in [1.807, 2.05) is 30.0 Å². The van der Waals surface area contributed by atoms with Crippen molar-refractivity contribution in [2.45, 2.75) is 18.6 Å². The molecule has 1 saturated heterocycles. The van der Waals surface area contributed by atoms with Gasteiger partial charge in [0.1, 0.15) is 0 Å². The van der Waals surface area contributed by atoms with Crippen molar-refractivity contribution < 1.29 is 4.74 Å². The van der Waals surface area contributed by atoms with Crippen molar-refractivity contribution in [3.8, 4) is 0 Å². The van der Waals surface area contributed by atoms with Crippen LogP contribution in [0.2, 0.25) is 0 Å². The molecule has 1 fully saturated rings. The van der Waals surface area contributed by atoms with Crippen molar-refractivity contribution in [2.75, 3.05) is 18.1 Å². The maximum atomic E-state index is 6.23. The van der Waals surface area contributed by atoms with Crippen LogP contribution < -0.4 is 5.73 Å². The molecule has 3 rings (SSSR count). The molecule has 1 aromatic carbocycles. The summed E-state index contributed by atoms with van der Waals surface area (Å²) in [5.41, 5.74) is 7.30. The minimum Gasteiger partial charge on any atom is -0.375 e. The lowest BCUT2D eigenvalue weighted by molar-refractivity contribution is 0.0572. The van der Waals surface area contributed by atoms with E-state index in [0.717, 1.165) is 35.1 Å². The van der Waals surface area contributed by atoms with E-state index in [2.05, 4.69) is 11.1 Å². The van der Waals surface area contributed by atoms with Crippen LogP contribution in [0.4, 0.5) is 0 Å². The first-order valence-electron chi connectivity index (χ1n) is 6.12. The molecule has 2 N–H and O–H groups in total. The molecule has 0 saturated carbocycles. The number of nitrogens with zero attached hydrogens (tertiary/aromatic N) is 1. The molecular weight excluding hydrogens is 264 g/mol. The van der Waals surface area contributed by atoms with Gasteiger partial charge in [0.15, 0.2) is 0 Å². The van der Waals surface area contributed by atoms with E-state index in [1.165, 1.54) is 4.70 Å². The monoisotopic (exact) mass is 280 g/mol. The standard InChI is InChI=1S/C13H16N2OS2/c14-9(11-8-17-6-5-16-11)7-13-15-10-3-1-2-4-12(10)18-13/h1-4,9,11H,5-8,14H2. The van der Waals surface area contributed by atoms with E-state index in [-0.39, 0.29) is 12.1 Å². The molecule has 2 unspecified atom stereocenters. The molecule has 2 aromatic rings. The highest BCUT2D eigenvalue weighted by Gasteiger charge is 2.22. The van der Waals surface area contributed by atoms with Gasteiger partial charge in [0, 0.05) is 24.0 Å². The van der Waals surface area contributed by atoms with Crippen LogP contribution in [0.15, 0.2) is 24.3 Å². The third-order valence-electron chi connectivity index (χ3n) is 3.07. The predicted molar refractivity (Wildman–Crippen MR) is 78.4 cm³/mol. The highest BCUT2D eigenvalue weighted by Crippen LogP contribution is 2.24. The van der Waals surface area contributed by atoms with Crippen LogP contribution in [0.1, 0.15) is 5.01 Å². The fourth-order valence-electron chi connectivity index (χ4n) is 2.09. The SMILES string of the molecule is NC(Cc1nc2ccccc2s1)C1CSCCO1. The maximum absolute atomic E-state index is 6.23. The quantitative estimate of drug-likeness (QED) is 0.937. The van der Waals surface area contributed by atoms with Gasteiger partial charge in [-0.15, -0.1) is 11.3 Å². The smallest absolute Gasteiger partial charge is 0.0955 e. The zero-order valence-electron chi connectivity index (χ0n) is 10.0. The zero-order valence-corrected chi connectivity index (χ0v) is 11.7. The van der Waals surface area contributed by atoms with Crippen LogP contribution in [0.25, 0.3) is 10.2 Å². The number of nitrogens with two attached hydrogens (primary N) is 1. The summed E-state index contributed by atoms with van der Waals surface area (Å²) in [7, 11) is 0. The molecule has 0 spiro atoms. The third kappa shape index (κ3) is 2.69. The second-order valence-corrected chi connectivity index (χ2v) is 6.69. The fraction of sp³-hybridized carbons (Fsp3) is 0.462. The molecule has 3 nitrogen and oxygen atoms in total. The third-order valence-corrected chi connectivity index (χ3v) is 5.15. The summed E-state index contributed by atoms with van der Waals surface area (Å²) < 4.78 is 6.95. The molecule has 2 heterocycles. The van der Waals surface area contributed by atoms with Gasteiger partial charge in [0.25, 0.3) is 0 Å². The summed E-state index contributed by atoms with van der Waals surface area (Å²) in [5.74, 6) is 2.09. The van der Waals surface area contributed by atoms with Crippen LogP contribution in [0, 0.1) is 0 Å². The Hall–Kier alpha value is -0.620. The summed E-state index contributed by atoms with van der Waals surface area (Å²) in [6.07, 6.45) is 0.987. The highest BCUT2D eigenvalue weighted by atomic mass is 32.2. The van der Waals surface area contributed by atoms with Crippen molar-refractivity contribution in [1.29, 1.82) is 0 Å². The lowest BCUT2D eigenvalue weighted by Crippen LogP contribution is -2.42. The number of hydrogen-bond donors (Lipinski definition) is 1. The summed E-state index contributed by atoms with van der Waals surface area (Å²) >= 11 is 3.66. The number of para-hydroxylation sites is 1. The molecule has 0 radical (unpaired) electrons. The van der Waals surface area contributed by atoms with Crippen LogP contribution in [0.5, 0.6) is 0 Å². The van der Waals surface area contributed by atoms with Crippen molar-refractivity contribution >= 4 is 33.3 Å². The number of ether oxygens (including phenoxy) is 1. The molecule has 96 valence electrons. The van der Waals surface area contributed by atoms with E-state index in [9.17, 15) is 0 Å². The normalized spacial score (nSPS) is 22.2. The van der Waals surface area contributed by atoms with Crippen LogP contribution in [-0.4, -0.2) is 35.2 Å². The Labute approximate surface area is 115 Å². The number of thiazole rings is 1. The lowest BCUT2D eigenvalue weighted by atomic mass is 10.1. The summed E-state index contributed by atoms with van der Waals surface area (Å²) in [6.45, 7) is 0.822. The lowest BCUT2D eigenvalue weighted by Gasteiger charge is -2.27. The molecule has 0 amide bonds. The summed E-state index contributed by atoms with van der Waals surface area (Å²) in [4.78, 5) is 4.62. The minimum absolute atomic E-state index is 0.0540. The highest BCUT2D eigenvalue weighted by molar-refractivity contribution is 7.99. The largest absolute Gasteiger partial charge is 0.375 e. The Balaban J connectivity index is 1.71. The Morgan fingerprint density at radius 1 is 1.44 bits per heavy atom. The fourth-order valence-corrected chi connectivity index (χ4v) is 4.09. The first-order chi connectivity index (χ1) is 8.83. The van der Waals surface area contributed by atoms with Gasteiger partial charge >= 0.3 is 0 Å². The van der Waals surface area contributed by atoms with Crippen LogP contribution in [0.3, 0.4) is 0 Å². The van der Waals surface area contributed by atoms with Crippen molar-refractivity contribution in [2.24, 2.45) is 5.73 Å². The van der Waals surface area contributed by atoms with Crippen molar-refractivity contribution in [1.82, 2.24) is 4.98 Å². The second kappa shape index (κ2) is 5.57. The maximum Gasteiger partial charge on any atom is 0.0955 e. The minimum atomic E-state index is 0.0540.